The number of esters is 1. The molecule has 0 radical (unpaired) electrons. The number of benzene rings is 2. The number of nitrogens with one attached hydrogen (secondary N) is 1. The number of nitrogens with zero attached hydrogens (tertiary/aromatic N) is 5. The van der Waals surface area contributed by atoms with Crippen molar-refractivity contribution in [2.45, 2.75) is 0 Å². The fourth-order valence-electron chi connectivity index (χ4n) is 2.95. The Morgan fingerprint density at radius 1 is 1.07 bits per heavy atom. The highest BCUT2D eigenvalue weighted by molar-refractivity contribution is 6.05. The topological polar surface area (TPSA) is 104 Å². The average Bonchev–Trinajstić information content (AvgIpc) is 3.42. The van der Waals surface area contributed by atoms with Crippen molar-refractivity contribution >= 4 is 17.6 Å². The van der Waals surface area contributed by atoms with E-state index in [9.17, 15) is 9.59 Å². The van der Waals surface area contributed by atoms with E-state index >= 15 is 0 Å². The maximum absolute atomic E-state index is 12.7. The van der Waals surface area contributed by atoms with Gasteiger partial charge in [0.15, 0.2) is 0 Å². The Bertz CT molecular complexity index is 1230. The van der Waals surface area contributed by atoms with Gasteiger partial charge in [0.2, 0.25) is 0 Å². The molecule has 0 atom stereocenters. The number of aromatic nitrogens is 5. The predicted molar refractivity (Wildman–Crippen MR) is 109 cm³/mol. The van der Waals surface area contributed by atoms with E-state index in [1.165, 1.54) is 7.11 Å². The summed E-state index contributed by atoms with van der Waals surface area (Å²) in [4.78, 5) is 28.5. The van der Waals surface area contributed by atoms with Crippen LogP contribution in [0.15, 0.2) is 67.3 Å². The number of carbonyl (C=O) groups excluding carboxylic acids is 2. The summed E-state index contributed by atoms with van der Waals surface area (Å²) in [5.41, 5.74) is 3.48. The van der Waals surface area contributed by atoms with Crippen LogP contribution in [-0.4, -0.2) is 43.5 Å². The fraction of sp³-hybridized carbons (Fsp3) is 0.0952. The van der Waals surface area contributed by atoms with Crippen LogP contribution >= 0.6 is 0 Å². The normalized spacial score (nSPS) is 10.6. The molecule has 2 aromatic heterocycles. The van der Waals surface area contributed by atoms with Crippen LogP contribution in [0.25, 0.3) is 17.1 Å². The van der Waals surface area contributed by atoms with Crippen molar-refractivity contribution in [1.29, 1.82) is 0 Å². The average molecular weight is 402 g/mol. The van der Waals surface area contributed by atoms with Crippen LogP contribution in [-0.2, 0) is 11.8 Å². The van der Waals surface area contributed by atoms with Crippen molar-refractivity contribution in [3.63, 3.8) is 0 Å². The maximum atomic E-state index is 12.7. The quantitative estimate of drug-likeness (QED) is 0.515. The van der Waals surface area contributed by atoms with Gasteiger partial charge in [0.05, 0.1) is 42.8 Å². The van der Waals surface area contributed by atoms with E-state index in [4.69, 9.17) is 4.74 Å². The van der Waals surface area contributed by atoms with Gasteiger partial charge in [-0.15, -0.1) is 5.10 Å². The Kier molecular flexibility index (Phi) is 5.08. The largest absolute Gasteiger partial charge is 0.465 e. The lowest BCUT2D eigenvalue weighted by molar-refractivity contribution is 0.0600. The molecule has 9 nitrogen and oxygen atoms in total. The highest BCUT2D eigenvalue weighted by Crippen LogP contribution is 2.18. The number of ether oxygens (including phenoxy) is 1. The van der Waals surface area contributed by atoms with Crippen molar-refractivity contribution in [2.75, 3.05) is 12.4 Å². The summed E-state index contributed by atoms with van der Waals surface area (Å²) in [5, 5.41) is 11.1. The number of aryl methyl sites for hydroxylation is 1. The third-order valence-corrected chi connectivity index (χ3v) is 4.49. The standard InChI is InChI=1S/C21H18N6O3/c1-26-13-22-11-19(26)18-12-27(25-24-18)17-8-4-5-14(10-17)20(28)23-16-7-3-6-15(9-16)21(29)30-2/h3-13H,1-2H3,(H,23,28). The van der Waals surface area contributed by atoms with Crippen LogP contribution in [0.3, 0.4) is 0 Å². The van der Waals surface area contributed by atoms with Crippen molar-refractivity contribution in [1.82, 2.24) is 24.5 Å². The molecule has 1 N–H and O–H groups in total. The third kappa shape index (κ3) is 3.81. The number of imidazole rings is 1. The Labute approximate surface area is 171 Å². The second-order valence-corrected chi connectivity index (χ2v) is 6.51. The van der Waals surface area contributed by atoms with Crippen LogP contribution in [0.4, 0.5) is 5.69 Å². The first kappa shape index (κ1) is 19.1. The minimum atomic E-state index is -0.469. The van der Waals surface area contributed by atoms with Crippen molar-refractivity contribution < 1.29 is 14.3 Å². The third-order valence-electron chi connectivity index (χ3n) is 4.49. The highest BCUT2D eigenvalue weighted by Gasteiger charge is 2.12. The second-order valence-electron chi connectivity index (χ2n) is 6.51. The Morgan fingerprint density at radius 3 is 2.63 bits per heavy atom. The van der Waals surface area contributed by atoms with Gasteiger partial charge in [-0.25, -0.2) is 14.5 Å². The molecule has 2 heterocycles. The van der Waals surface area contributed by atoms with E-state index in [1.54, 1.807) is 65.9 Å². The molecular formula is C21H18N6O3. The molecule has 1 amide bonds. The van der Waals surface area contributed by atoms with E-state index in [2.05, 4.69) is 20.6 Å². The number of hydrogen-bond donors (Lipinski definition) is 1. The van der Waals surface area contributed by atoms with Crippen molar-refractivity contribution in [3.8, 4) is 17.1 Å². The van der Waals surface area contributed by atoms with Crippen molar-refractivity contribution in [2.24, 2.45) is 7.05 Å². The zero-order valence-corrected chi connectivity index (χ0v) is 16.3. The molecule has 0 saturated carbocycles. The van der Waals surface area contributed by atoms with E-state index in [0.29, 0.717) is 28.2 Å². The highest BCUT2D eigenvalue weighted by atomic mass is 16.5. The lowest BCUT2D eigenvalue weighted by atomic mass is 10.1. The summed E-state index contributed by atoms with van der Waals surface area (Å²) in [6.07, 6.45) is 5.17. The molecule has 0 saturated heterocycles. The van der Waals surface area contributed by atoms with Gasteiger partial charge in [-0.2, -0.15) is 0 Å². The molecule has 4 rings (SSSR count). The Hall–Kier alpha value is -4.27. The first-order valence-electron chi connectivity index (χ1n) is 9.04. The number of carbonyl (C=O) groups is 2. The molecule has 0 fully saturated rings. The summed E-state index contributed by atoms with van der Waals surface area (Å²) in [7, 11) is 3.18. The maximum Gasteiger partial charge on any atom is 0.337 e. The Balaban J connectivity index is 1.55. The molecule has 0 bridgehead atoms. The van der Waals surface area contributed by atoms with Crippen LogP contribution < -0.4 is 5.32 Å². The number of hydrogen-bond acceptors (Lipinski definition) is 6. The number of methoxy groups -OCH3 is 1. The van der Waals surface area contributed by atoms with E-state index in [1.807, 2.05) is 17.7 Å². The van der Waals surface area contributed by atoms with Crippen LogP contribution in [0.1, 0.15) is 20.7 Å². The molecule has 150 valence electrons. The molecular weight excluding hydrogens is 384 g/mol. The number of amides is 1. The number of anilines is 1. The van der Waals surface area contributed by atoms with Gasteiger partial charge in [-0.3, -0.25) is 4.79 Å². The summed E-state index contributed by atoms with van der Waals surface area (Å²) < 4.78 is 8.15. The molecule has 4 aromatic rings. The monoisotopic (exact) mass is 402 g/mol. The van der Waals surface area contributed by atoms with Gasteiger partial charge in [0, 0.05) is 18.3 Å². The Morgan fingerprint density at radius 2 is 1.87 bits per heavy atom. The van der Waals surface area contributed by atoms with Crippen LogP contribution in [0.5, 0.6) is 0 Å². The van der Waals surface area contributed by atoms with Gasteiger partial charge in [-0.05, 0) is 36.4 Å². The molecule has 9 heteroatoms. The van der Waals surface area contributed by atoms with Gasteiger partial charge in [0.1, 0.15) is 5.69 Å². The molecule has 2 aromatic carbocycles. The van der Waals surface area contributed by atoms with E-state index in [0.717, 1.165) is 5.69 Å². The van der Waals surface area contributed by atoms with Gasteiger partial charge >= 0.3 is 5.97 Å². The lowest BCUT2D eigenvalue weighted by Crippen LogP contribution is -2.13. The van der Waals surface area contributed by atoms with E-state index < -0.39 is 5.97 Å². The molecule has 30 heavy (non-hydrogen) atoms. The molecule has 0 spiro atoms. The minimum Gasteiger partial charge on any atom is -0.465 e. The molecule has 0 aliphatic carbocycles. The molecule has 0 aliphatic heterocycles. The van der Waals surface area contributed by atoms with E-state index in [-0.39, 0.29) is 5.91 Å². The SMILES string of the molecule is COC(=O)c1cccc(NC(=O)c2cccc(-n3cc(-c4cncn4C)nn3)c2)c1. The second kappa shape index (κ2) is 8.00. The smallest absolute Gasteiger partial charge is 0.337 e. The first-order chi connectivity index (χ1) is 14.5. The zero-order chi connectivity index (χ0) is 21.1. The van der Waals surface area contributed by atoms with Crippen molar-refractivity contribution in [3.05, 3.63) is 78.4 Å². The lowest BCUT2D eigenvalue weighted by Gasteiger charge is -2.08. The predicted octanol–water partition coefficient (Wildman–Crippen LogP) is 2.71. The fourth-order valence-corrected chi connectivity index (χ4v) is 2.95. The molecule has 0 aliphatic rings. The van der Waals surface area contributed by atoms with Gasteiger partial charge in [0.25, 0.3) is 5.91 Å². The molecule has 0 unspecified atom stereocenters. The summed E-state index contributed by atoms with van der Waals surface area (Å²) in [5.74, 6) is -0.783. The first-order valence-corrected chi connectivity index (χ1v) is 9.04. The minimum absolute atomic E-state index is 0.314. The summed E-state index contributed by atoms with van der Waals surface area (Å²) in [6.45, 7) is 0. The number of rotatable bonds is 5. The zero-order valence-electron chi connectivity index (χ0n) is 16.3. The van der Waals surface area contributed by atoms with Gasteiger partial charge in [-0.1, -0.05) is 17.3 Å². The van der Waals surface area contributed by atoms with Gasteiger partial charge < -0.3 is 14.6 Å². The van der Waals surface area contributed by atoms with Crippen LogP contribution in [0, 0.1) is 0 Å². The summed E-state index contributed by atoms with van der Waals surface area (Å²) >= 11 is 0. The summed E-state index contributed by atoms with van der Waals surface area (Å²) in [6, 6.07) is 13.6. The van der Waals surface area contributed by atoms with Crippen LogP contribution in [0.2, 0.25) is 0 Å².